The van der Waals surface area contributed by atoms with E-state index in [-0.39, 0.29) is 5.92 Å². The molecule has 0 bridgehead atoms. The van der Waals surface area contributed by atoms with Crippen molar-refractivity contribution in [1.82, 2.24) is 0 Å². The molecular weight excluding hydrogens is 386 g/mol. The summed E-state index contributed by atoms with van der Waals surface area (Å²) in [5.41, 5.74) is 2.65. The Balaban J connectivity index is 1.79. The van der Waals surface area contributed by atoms with E-state index in [0.717, 1.165) is 16.7 Å². The molecule has 0 fully saturated rings. The molecule has 142 valence electrons. The van der Waals surface area contributed by atoms with E-state index >= 15 is 0 Å². The molecule has 0 aliphatic carbocycles. The molecule has 0 saturated carbocycles. The molecule has 0 N–H and O–H groups in total. The van der Waals surface area contributed by atoms with Crippen molar-refractivity contribution in [2.45, 2.75) is 30.2 Å². The van der Waals surface area contributed by atoms with Crippen LogP contribution in [0.3, 0.4) is 0 Å². The molecule has 4 rings (SSSR count). The van der Waals surface area contributed by atoms with Crippen LogP contribution in [0.5, 0.6) is 0 Å². The largest absolute Gasteiger partial charge is 0.456 e. The van der Waals surface area contributed by atoms with Gasteiger partial charge in [0.05, 0.1) is 5.92 Å². The molecule has 0 radical (unpaired) electrons. The summed E-state index contributed by atoms with van der Waals surface area (Å²) >= 11 is 11.1. The normalized spacial score (nSPS) is 20.7. The monoisotopic (exact) mass is 407 g/mol. The van der Waals surface area contributed by atoms with Crippen LogP contribution in [0.2, 0.25) is 5.02 Å². The highest BCUT2D eigenvalue weighted by Crippen LogP contribution is 2.49. The summed E-state index contributed by atoms with van der Waals surface area (Å²) in [4.78, 5) is 4.13. The first-order chi connectivity index (χ1) is 13.4. The van der Waals surface area contributed by atoms with Crippen molar-refractivity contribution in [2.75, 3.05) is 0 Å². The number of ether oxygens (including phenoxy) is 1. The minimum Gasteiger partial charge on any atom is -0.456 e. The number of halogens is 1. The minimum atomic E-state index is -0.880. The number of nitrogens with zero attached hydrogens (tertiary/aromatic N) is 1. The van der Waals surface area contributed by atoms with Crippen LogP contribution in [0.1, 0.15) is 36.5 Å². The maximum Gasteiger partial charge on any atom is 0.203 e. The maximum atomic E-state index is 6.53. The Morgan fingerprint density at radius 1 is 0.821 bits per heavy atom. The predicted octanol–water partition coefficient (Wildman–Crippen LogP) is 6.46. The van der Waals surface area contributed by atoms with Crippen molar-refractivity contribution in [3.05, 3.63) is 107 Å². The van der Waals surface area contributed by atoms with Crippen LogP contribution < -0.4 is 0 Å². The predicted molar refractivity (Wildman–Crippen MR) is 119 cm³/mol. The van der Waals surface area contributed by atoms with Gasteiger partial charge in [-0.2, -0.15) is 0 Å². The zero-order valence-electron chi connectivity index (χ0n) is 15.8. The molecule has 1 atom stereocenters. The van der Waals surface area contributed by atoms with Crippen LogP contribution in [-0.4, -0.2) is 11.4 Å². The van der Waals surface area contributed by atoms with E-state index in [1.54, 1.807) is 0 Å². The summed E-state index contributed by atoms with van der Waals surface area (Å²) in [6, 6.07) is 28.3. The van der Waals surface area contributed by atoms with E-state index in [1.165, 1.54) is 0 Å². The number of thiol groups is 1. The Kier molecular flexibility index (Phi) is 4.98. The van der Waals surface area contributed by atoms with Crippen LogP contribution in [-0.2, 0) is 9.67 Å². The van der Waals surface area contributed by atoms with Gasteiger partial charge >= 0.3 is 0 Å². The van der Waals surface area contributed by atoms with Crippen LogP contribution in [0.25, 0.3) is 0 Å². The highest BCUT2D eigenvalue weighted by molar-refractivity contribution is 7.81. The summed E-state index contributed by atoms with van der Waals surface area (Å²) in [7, 11) is 0. The standard InChI is InChI=1S/C24H22ClNOS/c1-23(2)24(28,19-13-15-20(25)16-14-19)27-22(26-23)21(17-9-5-3-6-10-17)18-11-7-4-8-12-18/h3-16,21,28H,1-2H3. The Morgan fingerprint density at radius 2 is 1.32 bits per heavy atom. The van der Waals surface area contributed by atoms with E-state index in [0.29, 0.717) is 10.9 Å². The number of benzene rings is 3. The Hall–Kier alpha value is -2.23. The molecule has 1 unspecified atom stereocenters. The number of hydrogen-bond donors (Lipinski definition) is 1. The summed E-state index contributed by atoms with van der Waals surface area (Å²) in [6.07, 6.45) is 0. The molecule has 28 heavy (non-hydrogen) atoms. The number of rotatable bonds is 4. The van der Waals surface area contributed by atoms with Gasteiger partial charge in [-0.05, 0) is 37.1 Å². The van der Waals surface area contributed by atoms with Crippen molar-refractivity contribution in [3.63, 3.8) is 0 Å². The molecule has 2 nitrogen and oxygen atoms in total. The molecule has 0 saturated heterocycles. The third-order valence-electron chi connectivity index (χ3n) is 5.22. The first kappa shape index (κ1) is 19.1. The molecule has 3 aromatic carbocycles. The molecule has 0 aromatic heterocycles. The van der Waals surface area contributed by atoms with Crippen LogP contribution in [0.4, 0.5) is 0 Å². The number of aliphatic imine (C=N–C) groups is 1. The van der Waals surface area contributed by atoms with E-state index in [1.807, 2.05) is 60.7 Å². The van der Waals surface area contributed by atoms with Gasteiger partial charge in [0, 0.05) is 10.6 Å². The quantitative estimate of drug-likeness (QED) is 0.492. The fourth-order valence-electron chi connectivity index (χ4n) is 3.63. The summed E-state index contributed by atoms with van der Waals surface area (Å²) in [5, 5.41) is 0.684. The molecular formula is C24H22ClNOS. The third kappa shape index (κ3) is 3.34. The zero-order valence-corrected chi connectivity index (χ0v) is 17.5. The van der Waals surface area contributed by atoms with Gasteiger partial charge in [0.15, 0.2) is 5.90 Å². The second kappa shape index (κ2) is 7.31. The van der Waals surface area contributed by atoms with E-state index in [9.17, 15) is 0 Å². The lowest BCUT2D eigenvalue weighted by molar-refractivity contribution is 0.116. The Morgan fingerprint density at radius 3 is 1.82 bits per heavy atom. The van der Waals surface area contributed by atoms with Crippen molar-refractivity contribution in [3.8, 4) is 0 Å². The second-order valence-corrected chi connectivity index (χ2v) is 8.58. The van der Waals surface area contributed by atoms with Crippen molar-refractivity contribution >= 4 is 30.1 Å². The fourth-order valence-corrected chi connectivity index (χ4v) is 4.05. The lowest BCUT2D eigenvalue weighted by atomic mass is 9.91. The summed E-state index contributed by atoms with van der Waals surface area (Å²) in [5.74, 6) is 0.579. The second-order valence-electron chi connectivity index (χ2n) is 7.52. The van der Waals surface area contributed by atoms with Crippen LogP contribution in [0, 0.1) is 0 Å². The first-order valence-electron chi connectivity index (χ1n) is 9.28. The molecule has 4 heteroatoms. The number of hydrogen-bond acceptors (Lipinski definition) is 3. The summed E-state index contributed by atoms with van der Waals surface area (Å²) < 4.78 is 6.53. The molecule has 0 amide bonds. The maximum absolute atomic E-state index is 6.53. The summed E-state index contributed by atoms with van der Waals surface area (Å²) in [6.45, 7) is 4.10. The van der Waals surface area contributed by atoms with Gasteiger partial charge in [0.2, 0.25) is 4.93 Å². The molecule has 0 spiro atoms. The van der Waals surface area contributed by atoms with Crippen LogP contribution in [0.15, 0.2) is 89.9 Å². The van der Waals surface area contributed by atoms with E-state index < -0.39 is 10.5 Å². The Labute approximate surface area is 176 Å². The minimum absolute atomic E-state index is 0.0944. The van der Waals surface area contributed by atoms with Gasteiger partial charge in [-0.25, -0.2) is 4.99 Å². The van der Waals surface area contributed by atoms with Gasteiger partial charge in [-0.3, -0.25) is 0 Å². The van der Waals surface area contributed by atoms with Gasteiger partial charge in [-0.1, -0.05) is 84.4 Å². The van der Waals surface area contributed by atoms with Crippen molar-refractivity contribution in [1.29, 1.82) is 0 Å². The highest BCUT2D eigenvalue weighted by Gasteiger charge is 2.53. The first-order valence-corrected chi connectivity index (χ1v) is 10.1. The Bertz CT molecular complexity index is 947. The van der Waals surface area contributed by atoms with Crippen molar-refractivity contribution < 1.29 is 4.74 Å². The molecule has 3 aromatic rings. The lowest BCUT2D eigenvalue weighted by Crippen LogP contribution is -2.39. The van der Waals surface area contributed by atoms with Crippen molar-refractivity contribution in [2.24, 2.45) is 4.99 Å². The van der Waals surface area contributed by atoms with Gasteiger partial charge in [-0.15, -0.1) is 12.6 Å². The zero-order chi connectivity index (χ0) is 19.8. The smallest absolute Gasteiger partial charge is 0.203 e. The highest BCUT2D eigenvalue weighted by atomic mass is 35.5. The molecule has 1 aliphatic heterocycles. The van der Waals surface area contributed by atoms with E-state index in [4.69, 9.17) is 34.0 Å². The topological polar surface area (TPSA) is 21.6 Å². The van der Waals surface area contributed by atoms with Gasteiger partial charge in [0.25, 0.3) is 0 Å². The van der Waals surface area contributed by atoms with E-state index in [2.05, 4.69) is 38.1 Å². The van der Waals surface area contributed by atoms with Gasteiger partial charge < -0.3 is 4.74 Å². The fraction of sp³-hybridized carbons (Fsp3) is 0.208. The molecule has 1 heterocycles. The average Bonchev–Trinajstić information content (AvgIpc) is 2.94. The third-order valence-corrected chi connectivity index (χ3v) is 6.37. The molecule has 1 aliphatic rings. The SMILES string of the molecule is CC1(C)N=C(C(c2ccccc2)c2ccccc2)OC1(S)c1ccc(Cl)cc1. The van der Waals surface area contributed by atoms with Gasteiger partial charge in [0.1, 0.15) is 5.54 Å². The van der Waals surface area contributed by atoms with Crippen LogP contribution >= 0.6 is 24.2 Å². The lowest BCUT2D eigenvalue weighted by Gasteiger charge is -2.34. The average molecular weight is 408 g/mol.